The van der Waals surface area contributed by atoms with Crippen molar-refractivity contribution < 1.29 is 4.79 Å². The normalized spacial score (nSPS) is 15.4. The molecule has 0 aliphatic carbocycles. The molecule has 1 aliphatic heterocycles. The number of piperazine rings is 1. The lowest BCUT2D eigenvalue weighted by atomic mass is 10.2. The molecule has 1 saturated heterocycles. The molecule has 142 valence electrons. The highest BCUT2D eigenvalue weighted by molar-refractivity contribution is 5.91. The number of nitrogens with zero attached hydrogens (tertiary/aromatic N) is 3. The molecule has 27 heavy (non-hydrogen) atoms. The van der Waals surface area contributed by atoms with Crippen LogP contribution in [0.3, 0.4) is 0 Å². The number of aromatic nitrogens is 1. The Balaban J connectivity index is 1.46. The van der Waals surface area contributed by atoms with Gasteiger partial charge in [0, 0.05) is 38.6 Å². The molecule has 3 rings (SSSR count). The molecule has 0 radical (unpaired) electrons. The van der Waals surface area contributed by atoms with Crippen LogP contribution in [0.25, 0.3) is 6.08 Å². The Morgan fingerprint density at radius 2 is 1.85 bits per heavy atom. The number of anilines is 2. The number of amides is 1. The Hall–Kier alpha value is -2.66. The summed E-state index contributed by atoms with van der Waals surface area (Å²) in [6, 6.07) is 14.3. The largest absolute Gasteiger partial charge is 0.368 e. The molecule has 1 aromatic carbocycles. The molecular weight excluding hydrogens is 336 g/mol. The van der Waals surface area contributed by atoms with Crippen molar-refractivity contribution in [2.24, 2.45) is 5.92 Å². The number of hydrogen-bond donors (Lipinski definition) is 1. The SMILES string of the molecule is CC(C)C(=O)Nc1ccc(N2CCN(C/C=C/c3ccccc3)CC2)cn1. The summed E-state index contributed by atoms with van der Waals surface area (Å²) in [7, 11) is 0. The minimum absolute atomic E-state index is 0.00702. The van der Waals surface area contributed by atoms with Gasteiger partial charge in [-0.05, 0) is 17.7 Å². The number of carbonyl (C=O) groups is 1. The lowest BCUT2D eigenvalue weighted by molar-refractivity contribution is -0.118. The number of nitrogens with one attached hydrogen (secondary N) is 1. The van der Waals surface area contributed by atoms with E-state index in [1.807, 2.05) is 38.2 Å². The zero-order valence-electron chi connectivity index (χ0n) is 16.1. The van der Waals surface area contributed by atoms with Crippen LogP contribution in [0.15, 0.2) is 54.7 Å². The molecule has 5 nitrogen and oxygen atoms in total. The Morgan fingerprint density at radius 1 is 1.11 bits per heavy atom. The van der Waals surface area contributed by atoms with E-state index in [9.17, 15) is 4.79 Å². The monoisotopic (exact) mass is 364 g/mol. The standard InChI is InChI=1S/C22H28N4O/c1-18(2)22(27)24-21-11-10-20(17-23-21)26-15-13-25(14-16-26)12-6-9-19-7-4-3-5-8-19/h3-11,17-18H,12-16H2,1-2H3,(H,23,24,27)/b9-6+. The minimum atomic E-state index is -0.0458. The van der Waals surface area contributed by atoms with Crippen LogP contribution in [0, 0.1) is 5.92 Å². The highest BCUT2D eigenvalue weighted by atomic mass is 16.1. The van der Waals surface area contributed by atoms with E-state index in [1.54, 1.807) is 0 Å². The van der Waals surface area contributed by atoms with Crippen LogP contribution in [0.4, 0.5) is 11.5 Å². The maximum Gasteiger partial charge on any atom is 0.228 e. The van der Waals surface area contributed by atoms with Crippen LogP contribution in [0.2, 0.25) is 0 Å². The molecule has 2 aromatic rings. The third kappa shape index (κ3) is 5.66. The van der Waals surface area contributed by atoms with Crippen molar-refractivity contribution in [3.8, 4) is 0 Å². The molecular formula is C22H28N4O. The summed E-state index contributed by atoms with van der Waals surface area (Å²) in [5, 5.41) is 2.83. The third-order valence-corrected chi connectivity index (χ3v) is 4.73. The molecule has 0 unspecified atom stereocenters. The molecule has 1 amide bonds. The first-order valence-electron chi connectivity index (χ1n) is 9.57. The quantitative estimate of drug-likeness (QED) is 0.852. The van der Waals surface area contributed by atoms with E-state index in [4.69, 9.17) is 0 Å². The summed E-state index contributed by atoms with van der Waals surface area (Å²) in [6.45, 7) is 8.75. The molecule has 0 saturated carbocycles. The van der Waals surface area contributed by atoms with Crippen LogP contribution >= 0.6 is 0 Å². The van der Waals surface area contributed by atoms with Gasteiger partial charge in [0.1, 0.15) is 5.82 Å². The van der Waals surface area contributed by atoms with Crippen molar-refractivity contribution in [3.05, 3.63) is 60.3 Å². The van der Waals surface area contributed by atoms with Crippen molar-refractivity contribution in [3.63, 3.8) is 0 Å². The number of rotatable bonds is 6. The second kappa shape index (κ2) is 9.33. The Kier molecular flexibility index (Phi) is 6.60. The first-order chi connectivity index (χ1) is 13.1. The van der Waals surface area contributed by atoms with Gasteiger partial charge in [-0.2, -0.15) is 0 Å². The van der Waals surface area contributed by atoms with Gasteiger partial charge in [0.25, 0.3) is 0 Å². The number of benzene rings is 1. The molecule has 0 bridgehead atoms. The van der Waals surface area contributed by atoms with Gasteiger partial charge in [0.15, 0.2) is 0 Å². The molecule has 1 fully saturated rings. The molecule has 0 spiro atoms. The number of hydrogen-bond acceptors (Lipinski definition) is 4. The van der Waals surface area contributed by atoms with E-state index in [0.29, 0.717) is 5.82 Å². The van der Waals surface area contributed by atoms with Crippen LogP contribution in [0.1, 0.15) is 19.4 Å². The zero-order chi connectivity index (χ0) is 19.1. The van der Waals surface area contributed by atoms with Gasteiger partial charge in [-0.1, -0.05) is 56.3 Å². The summed E-state index contributed by atoms with van der Waals surface area (Å²) in [5.74, 6) is 0.560. The van der Waals surface area contributed by atoms with Crippen molar-refractivity contribution in [1.82, 2.24) is 9.88 Å². The van der Waals surface area contributed by atoms with E-state index in [-0.39, 0.29) is 11.8 Å². The van der Waals surface area contributed by atoms with Crippen molar-refractivity contribution >= 4 is 23.5 Å². The van der Waals surface area contributed by atoms with Crippen LogP contribution < -0.4 is 10.2 Å². The van der Waals surface area contributed by atoms with E-state index in [2.05, 4.69) is 56.5 Å². The molecule has 1 aromatic heterocycles. The van der Waals surface area contributed by atoms with Gasteiger partial charge in [0.05, 0.1) is 11.9 Å². The second-order valence-electron chi connectivity index (χ2n) is 7.15. The van der Waals surface area contributed by atoms with Gasteiger partial charge in [0.2, 0.25) is 5.91 Å². The summed E-state index contributed by atoms with van der Waals surface area (Å²) < 4.78 is 0. The van der Waals surface area contributed by atoms with Crippen LogP contribution in [-0.4, -0.2) is 48.5 Å². The molecule has 1 aliphatic rings. The molecule has 1 N–H and O–H groups in total. The van der Waals surface area contributed by atoms with Crippen LogP contribution in [-0.2, 0) is 4.79 Å². The van der Waals surface area contributed by atoms with Crippen LogP contribution in [0.5, 0.6) is 0 Å². The zero-order valence-corrected chi connectivity index (χ0v) is 16.1. The molecule has 5 heteroatoms. The summed E-state index contributed by atoms with van der Waals surface area (Å²) >= 11 is 0. The fourth-order valence-electron chi connectivity index (χ4n) is 3.01. The maximum atomic E-state index is 11.7. The summed E-state index contributed by atoms with van der Waals surface area (Å²) in [4.78, 5) is 20.9. The van der Waals surface area contributed by atoms with Gasteiger partial charge in [-0.3, -0.25) is 9.69 Å². The van der Waals surface area contributed by atoms with E-state index in [0.717, 1.165) is 38.4 Å². The highest BCUT2D eigenvalue weighted by Gasteiger charge is 2.16. The Bertz CT molecular complexity index is 748. The van der Waals surface area contributed by atoms with Crippen molar-refractivity contribution in [2.75, 3.05) is 42.9 Å². The number of pyridine rings is 1. The smallest absolute Gasteiger partial charge is 0.228 e. The first-order valence-corrected chi connectivity index (χ1v) is 9.57. The highest BCUT2D eigenvalue weighted by Crippen LogP contribution is 2.17. The van der Waals surface area contributed by atoms with Gasteiger partial charge < -0.3 is 10.2 Å². The van der Waals surface area contributed by atoms with E-state index >= 15 is 0 Å². The van der Waals surface area contributed by atoms with Gasteiger partial charge >= 0.3 is 0 Å². The number of carbonyl (C=O) groups excluding carboxylic acids is 1. The lowest BCUT2D eigenvalue weighted by Gasteiger charge is -2.35. The molecule has 2 heterocycles. The van der Waals surface area contributed by atoms with Crippen molar-refractivity contribution in [1.29, 1.82) is 0 Å². The second-order valence-corrected chi connectivity index (χ2v) is 7.15. The summed E-state index contributed by atoms with van der Waals surface area (Å²) in [6.07, 6.45) is 6.26. The minimum Gasteiger partial charge on any atom is -0.368 e. The average molecular weight is 364 g/mol. The van der Waals surface area contributed by atoms with Gasteiger partial charge in [-0.15, -0.1) is 0 Å². The summed E-state index contributed by atoms with van der Waals surface area (Å²) in [5.41, 5.74) is 2.35. The fraction of sp³-hybridized carbons (Fsp3) is 0.364. The fourth-order valence-corrected chi connectivity index (χ4v) is 3.01. The van der Waals surface area contributed by atoms with E-state index < -0.39 is 0 Å². The molecule has 0 atom stereocenters. The topological polar surface area (TPSA) is 48.5 Å². The van der Waals surface area contributed by atoms with Gasteiger partial charge in [-0.25, -0.2) is 4.98 Å². The first kappa shape index (κ1) is 19.1. The third-order valence-electron chi connectivity index (χ3n) is 4.73. The predicted molar refractivity (Wildman–Crippen MR) is 112 cm³/mol. The van der Waals surface area contributed by atoms with Crippen molar-refractivity contribution in [2.45, 2.75) is 13.8 Å². The van der Waals surface area contributed by atoms with E-state index in [1.165, 1.54) is 5.56 Å². The maximum absolute atomic E-state index is 11.7. The Morgan fingerprint density at radius 3 is 2.48 bits per heavy atom. The Labute approximate surface area is 161 Å². The lowest BCUT2D eigenvalue weighted by Crippen LogP contribution is -2.46. The predicted octanol–water partition coefficient (Wildman–Crippen LogP) is 3.51. The average Bonchev–Trinajstić information content (AvgIpc) is 2.70.